The first-order chi connectivity index (χ1) is 8.36. The molecule has 1 aromatic rings. The molecule has 1 aromatic carbocycles. The Labute approximate surface area is 100 Å². The first-order valence-electron chi connectivity index (χ1n) is 5.88. The van der Waals surface area contributed by atoms with Crippen molar-refractivity contribution in [2.24, 2.45) is 11.1 Å². The van der Waals surface area contributed by atoms with Crippen molar-refractivity contribution in [1.82, 2.24) is 0 Å². The van der Waals surface area contributed by atoms with Crippen molar-refractivity contribution in [2.75, 3.05) is 13.2 Å². The lowest BCUT2D eigenvalue weighted by atomic mass is 9.92. The highest BCUT2D eigenvalue weighted by molar-refractivity contribution is 6.03. The lowest BCUT2D eigenvalue weighted by molar-refractivity contribution is -0.0914. The predicted molar refractivity (Wildman–Crippen MR) is 62.7 cm³/mol. The fourth-order valence-corrected chi connectivity index (χ4v) is 2.28. The summed E-state index contributed by atoms with van der Waals surface area (Å²) in [4.78, 5) is 5.37. The van der Waals surface area contributed by atoms with E-state index in [-0.39, 0.29) is 18.3 Å². The van der Waals surface area contributed by atoms with E-state index in [1.165, 1.54) is 0 Å². The number of oxime groups is 1. The Balaban J connectivity index is 1.88. The largest absolute Gasteiger partial charge is 0.392 e. The molecule has 4 nitrogen and oxygen atoms in total. The van der Waals surface area contributed by atoms with E-state index in [9.17, 15) is 0 Å². The van der Waals surface area contributed by atoms with Crippen LogP contribution in [0, 0.1) is 5.92 Å². The van der Waals surface area contributed by atoms with Crippen LogP contribution in [0.5, 0.6) is 0 Å². The second-order valence-electron chi connectivity index (χ2n) is 4.29. The third kappa shape index (κ3) is 1.94. The highest BCUT2D eigenvalue weighted by atomic mass is 16.7. The lowest BCUT2D eigenvalue weighted by Crippen LogP contribution is -2.34. The fourth-order valence-electron chi connectivity index (χ4n) is 2.28. The SMILES string of the molecule is CC1ON=C(c2ccccc2)C1C1OCCO1. The van der Waals surface area contributed by atoms with Crippen LogP contribution in [0.1, 0.15) is 12.5 Å². The zero-order chi connectivity index (χ0) is 11.7. The molecule has 17 heavy (non-hydrogen) atoms. The molecule has 1 saturated heterocycles. The van der Waals surface area contributed by atoms with Crippen LogP contribution < -0.4 is 0 Å². The number of hydrogen-bond donors (Lipinski definition) is 0. The maximum absolute atomic E-state index is 5.58. The van der Waals surface area contributed by atoms with Gasteiger partial charge in [0.15, 0.2) is 6.29 Å². The molecule has 0 N–H and O–H groups in total. The molecule has 0 saturated carbocycles. The van der Waals surface area contributed by atoms with Gasteiger partial charge < -0.3 is 14.3 Å². The van der Waals surface area contributed by atoms with Crippen molar-refractivity contribution in [2.45, 2.75) is 19.3 Å². The highest BCUT2D eigenvalue weighted by Gasteiger charge is 2.41. The van der Waals surface area contributed by atoms with E-state index in [1.807, 2.05) is 37.3 Å². The van der Waals surface area contributed by atoms with E-state index in [0.717, 1.165) is 11.3 Å². The zero-order valence-corrected chi connectivity index (χ0v) is 9.70. The van der Waals surface area contributed by atoms with E-state index in [1.54, 1.807) is 0 Å². The Morgan fingerprint density at radius 2 is 1.82 bits per heavy atom. The first kappa shape index (κ1) is 10.7. The normalized spacial score (nSPS) is 29.1. The summed E-state index contributed by atoms with van der Waals surface area (Å²) in [5.41, 5.74) is 1.99. The first-order valence-corrected chi connectivity index (χ1v) is 5.88. The smallest absolute Gasteiger partial charge is 0.169 e. The van der Waals surface area contributed by atoms with Gasteiger partial charge in [0.05, 0.1) is 24.8 Å². The molecule has 4 heteroatoms. The van der Waals surface area contributed by atoms with Gasteiger partial charge in [0, 0.05) is 0 Å². The molecule has 2 aliphatic heterocycles. The monoisotopic (exact) mass is 233 g/mol. The Morgan fingerprint density at radius 1 is 1.12 bits per heavy atom. The number of hydrogen-bond acceptors (Lipinski definition) is 4. The maximum atomic E-state index is 5.58. The van der Waals surface area contributed by atoms with Gasteiger partial charge in [-0.3, -0.25) is 0 Å². The molecule has 2 heterocycles. The van der Waals surface area contributed by atoms with Crippen LogP contribution in [0.4, 0.5) is 0 Å². The minimum Gasteiger partial charge on any atom is -0.392 e. The quantitative estimate of drug-likeness (QED) is 0.782. The summed E-state index contributed by atoms with van der Waals surface area (Å²) in [6.07, 6.45) is -0.236. The van der Waals surface area contributed by atoms with Crippen molar-refractivity contribution in [3.8, 4) is 0 Å². The fraction of sp³-hybridized carbons (Fsp3) is 0.462. The van der Waals surface area contributed by atoms with E-state index >= 15 is 0 Å². The van der Waals surface area contributed by atoms with Crippen LogP contribution in [-0.4, -0.2) is 31.3 Å². The van der Waals surface area contributed by atoms with Crippen LogP contribution in [0.25, 0.3) is 0 Å². The summed E-state index contributed by atoms with van der Waals surface area (Å²) in [5, 5.41) is 4.17. The van der Waals surface area contributed by atoms with Crippen molar-refractivity contribution < 1.29 is 14.3 Å². The van der Waals surface area contributed by atoms with E-state index in [2.05, 4.69) is 5.16 Å². The van der Waals surface area contributed by atoms with Crippen LogP contribution in [0.3, 0.4) is 0 Å². The molecule has 0 spiro atoms. The summed E-state index contributed by atoms with van der Waals surface area (Å²) in [5.74, 6) is 0.0555. The maximum Gasteiger partial charge on any atom is 0.169 e. The molecule has 2 aliphatic rings. The van der Waals surface area contributed by atoms with Gasteiger partial charge in [-0.05, 0) is 12.5 Å². The summed E-state index contributed by atoms with van der Waals surface area (Å²) in [7, 11) is 0. The second-order valence-corrected chi connectivity index (χ2v) is 4.29. The predicted octanol–water partition coefficient (Wildman–Crippen LogP) is 1.80. The Bertz CT molecular complexity index is 412. The van der Waals surface area contributed by atoms with E-state index in [4.69, 9.17) is 14.3 Å². The molecule has 2 unspecified atom stereocenters. The number of rotatable bonds is 2. The molecule has 90 valence electrons. The lowest BCUT2D eigenvalue weighted by Gasteiger charge is -2.20. The minimum absolute atomic E-state index is 0.00620. The van der Waals surface area contributed by atoms with Gasteiger partial charge in [-0.2, -0.15) is 0 Å². The number of benzene rings is 1. The van der Waals surface area contributed by atoms with Gasteiger partial charge in [-0.15, -0.1) is 0 Å². The van der Waals surface area contributed by atoms with Gasteiger partial charge >= 0.3 is 0 Å². The van der Waals surface area contributed by atoms with Gasteiger partial charge in [0.2, 0.25) is 0 Å². The molecular formula is C13H15NO3. The third-order valence-corrected chi connectivity index (χ3v) is 3.15. The van der Waals surface area contributed by atoms with E-state index < -0.39 is 0 Å². The van der Waals surface area contributed by atoms with Gasteiger partial charge in [-0.1, -0.05) is 35.5 Å². The molecule has 0 aliphatic carbocycles. The Kier molecular flexibility index (Phi) is 2.82. The molecular weight excluding hydrogens is 218 g/mol. The van der Waals surface area contributed by atoms with E-state index in [0.29, 0.717) is 13.2 Å². The second kappa shape index (κ2) is 4.47. The van der Waals surface area contributed by atoms with Crippen LogP contribution >= 0.6 is 0 Å². The summed E-state index contributed by atoms with van der Waals surface area (Å²) in [6, 6.07) is 10.0. The van der Waals surface area contributed by atoms with Crippen LogP contribution in [0.15, 0.2) is 35.5 Å². The van der Waals surface area contributed by atoms with Crippen molar-refractivity contribution in [3.63, 3.8) is 0 Å². The van der Waals surface area contributed by atoms with Gasteiger partial charge in [-0.25, -0.2) is 0 Å². The van der Waals surface area contributed by atoms with Crippen LogP contribution in [0.2, 0.25) is 0 Å². The average molecular weight is 233 g/mol. The summed E-state index contributed by atoms with van der Waals surface area (Å²) in [6.45, 7) is 3.29. The molecule has 0 radical (unpaired) electrons. The standard InChI is InChI=1S/C13H15NO3/c1-9-11(13-15-7-8-16-13)12(14-17-9)10-5-3-2-4-6-10/h2-6,9,11,13H,7-8H2,1H3. The highest BCUT2D eigenvalue weighted by Crippen LogP contribution is 2.29. The van der Waals surface area contributed by atoms with Gasteiger partial charge in [0.25, 0.3) is 0 Å². The summed E-state index contributed by atoms with van der Waals surface area (Å²) < 4.78 is 11.2. The topological polar surface area (TPSA) is 40.0 Å². The number of nitrogens with zero attached hydrogens (tertiary/aromatic N) is 1. The Morgan fingerprint density at radius 3 is 2.53 bits per heavy atom. The number of ether oxygens (including phenoxy) is 2. The molecule has 1 fully saturated rings. The molecule has 2 atom stereocenters. The minimum atomic E-state index is -0.230. The summed E-state index contributed by atoms with van der Waals surface area (Å²) >= 11 is 0. The average Bonchev–Trinajstić information content (AvgIpc) is 2.99. The molecule has 3 rings (SSSR count). The van der Waals surface area contributed by atoms with Crippen molar-refractivity contribution in [3.05, 3.63) is 35.9 Å². The molecule has 0 amide bonds. The molecule has 0 bridgehead atoms. The van der Waals surface area contributed by atoms with Crippen molar-refractivity contribution in [1.29, 1.82) is 0 Å². The van der Waals surface area contributed by atoms with Crippen LogP contribution in [-0.2, 0) is 14.3 Å². The zero-order valence-electron chi connectivity index (χ0n) is 9.70. The van der Waals surface area contributed by atoms with Crippen molar-refractivity contribution >= 4 is 5.71 Å². The van der Waals surface area contributed by atoms with Gasteiger partial charge in [0.1, 0.15) is 6.10 Å². The third-order valence-electron chi connectivity index (χ3n) is 3.15. The Hall–Kier alpha value is -1.39. The molecule has 0 aromatic heterocycles.